The van der Waals surface area contributed by atoms with Crippen molar-refractivity contribution in [3.63, 3.8) is 0 Å². The standard InChI is InChI=1S/C17H17FN4OS/c1-4-8-21-16-13(18)6-5-7-14(16)24-17(21)19-15(23)10-22-12(3)9-11(2)20-22/h4-7,9H,1,8,10H2,2-3H3. The zero-order chi connectivity index (χ0) is 17.3. The highest BCUT2D eigenvalue weighted by Gasteiger charge is 2.12. The summed E-state index contributed by atoms with van der Waals surface area (Å²) in [5.74, 6) is -0.663. The van der Waals surface area contributed by atoms with E-state index in [1.165, 1.54) is 17.4 Å². The van der Waals surface area contributed by atoms with Crippen LogP contribution in [0.25, 0.3) is 10.2 Å². The molecule has 124 valence electrons. The topological polar surface area (TPSA) is 52.2 Å². The van der Waals surface area contributed by atoms with Crippen LogP contribution in [-0.2, 0) is 17.9 Å². The van der Waals surface area contributed by atoms with Gasteiger partial charge in [0.2, 0.25) is 0 Å². The second-order valence-corrected chi connectivity index (χ2v) is 6.47. The molecule has 0 bridgehead atoms. The van der Waals surface area contributed by atoms with E-state index in [2.05, 4.69) is 16.7 Å². The minimum Gasteiger partial charge on any atom is -0.310 e. The number of rotatable bonds is 4. The van der Waals surface area contributed by atoms with Crippen molar-refractivity contribution in [3.05, 3.63) is 58.9 Å². The third-order valence-corrected chi connectivity index (χ3v) is 4.62. The van der Waals surface area contributed by atoms with Crippen LogP contribution in [0.4, 0.5) is 4.39 Å². The van der Waals surface area contributed by atoms with Crippen LogP contribution in [-0.4, -0.2) is 20.3 Å². The molecular formula is C17H17FN4OS. The fourth-order valence-corrected chi connectivity index (χ4v) is 3.65. The monoisotopic (exact) mass is 344 g/mol. The van der Waals surface area contributed by atoms with Gasteiger partial charge in [0.15, 0.2) is 4.80 Å². The molecule has 0 saturated heterocycles. The zero-order valence-corrected chi connectivity index (χ0v) is 14.3. The number of carbonyl (C=O) groups is 1. The van der Waals surface area contributed by atoms with Crippen molar-refractivity contribution in [3.8, 4) is 0 Å². The number of allylic oxidation sites excluding steroid dienone is 1. The molecule has 0 aliphatic carbocycles. The van der Waals surface area contributed by atoms with E-state index in [-0.39, 0.29) is 18.3 Å². The summed E-state index contributed by atoms with van der Waals surface area (Å²) in [5, 5.41) is 4.26. The summed E-state index contributed by atoms with van der Waals surface area (Å²) in [5.41, 5.74) is 2.20. The molecule has 1 aromatic carbocycles. The second-order valence-electron chi connectivity index (χ2n) is 5.46. The maximum Gasteiger partial charge on any atom is 0.270 e. The van der Waals surface area contributed by atoms with Gasteiger partial charge in [-0.15, -0.1) is 6.58 Å². The highest BCUT2D eigenvalue weighted by molar-refractivity contribution is 7.16. The molecule has 24 heavy (non-hydrogen) atoms. The number of thiazole rings is 1. The van der Waals surface area contributed by atoms with Crippen molar-refractivity contribution < 1.29 is 9.18 Å². The van der Waals surface area contributed by atoms with Gasteiger partial charge in [0.25, 0.3) is 5.91 Å². The highest BCUT2D eigenvalue weighted by atomic mass is 32.1. The summed E-state index contributed by atoms with van der Waals surface area (Å²) < 4.78 is 18.2. The Bertz CT molecular complexity index is 996. The van der Waals surface area contributed by atoms with Gasteiger partial charge in [-0.1, -0.05) is 23.5 Å². The van der Waals surface area contributed by atoms with E-state index in [4.69, 9.17) is 0 Å². The Kier molecular flexibility index (Phi) is 4.44. The van der Waals surface area contributed by atoms with Gasteiger partial charge in [0.05, 0.1) is 15.9 Å². The number of carbonyl (C=O) groups excluding carboxylic acids is 1. The second kappa shape index (κ2) is 6.52. The molecule has 0 aliphatic rings. The number of fused-ring (bicyclic) bond motifs is 1. The first-order chi connectivity index (χ1) is 11.5. The number of aryl methyl sites for hydroxylation is 2. The summed E-state index contributed by atoms with van der Waals surface area (Å²) in [6.45, 7) is 7.90. The van der Waals surface area contributed by atoms with Crippen molar-refractivity contribution in [2.45, 2.75) is 26.9 Å². The van der Waals surface area contributed by atoms with Gasteiger partial charge in [0.1, 0.15) is 12.4 Å². The highest BCUT2D eigenvalue weighted by Crippen LogP contribution is 2.20. The molecule has 3 rings (SSSR count). The summed E-state index contributed by atoms with van der Waals surface area (Å²) in [4.78, 5) is 16.9. The molecule has 2 heterocycles. The molecule has 0 saturated carbocycles. The third kappa shape index (κ3) is 3.07. The van der Waals surface area contributed by atoms with Crippen molar-refractivity contribution >= 4 is 27.5 Å². The van der Waals surface area contributed by atoms with E-state index >= 15 is 0 Å². The Hall–Kier alpha value is -2.54. The van der Waals surface area contributed by atoms with E-state index in [9.17, 15) is 9.18 Å². The minimum absolute atomic E-state index is 0.0600. The number of nitrogens with zero attached hydrogens (tertiary/aromatic N) is 4. The van der Waals surface area contributed by atoms with Crippen molar-refractivity contribution in [1.82, 2.24) is 14.3 Å². The first-order valence-electron chi connectivity index (χ1n) is 7.47. The Balaban J connectivity index is 2.04. The number of amides is 1. The predicted octanol–water partition coefficient (Wildman–Crippen LogP) is 2.97. The van der Waals surface area contributed by atoms with Crippen LogP contribution in [0.3, 0.4) is 0 Å². The molecule has 3 aromatic rings. The normalized spacial score (nSPS) is 12.0. The lowest BCUT2D eigenvalue weighted by molar-refractivity contribution is -0.118. The number of hydrogen-bond acceptors (Lipinski definition) is 3. The van der Waals surface area contributed by atoms with Gasteiger partial charge in [-0.3, -0.25) is 9.48 Å². The van der Waals surface area contributed by atoms with Crippen LogP contribution in [0.1, 0.15) is 11.4 Å². The third-order valence-electron chi connectivity index (χ3n) is 3.57. The maximum absolute atomic E-state index is 14.1. The summed E-state index contributed by atoms with van der Waals surface area (Å²) in [6, 6.07) is 6.76. The van der Waals surface area contributed by atoms with Gasteiger partial charge in [-0.05, 0) is 32.0 Å². The SMILES string of the molecule is C=CCn1c(=NC(=O)Cn2nc(C)cc2C)sc2cccc(F)c21. The van der Waals surface area contributed by atoms with Gasteiger partial charge in [-0.2, -0.15) is 10.1 Å². The minimum atomic E-state index is -0.335. The first kappa shape index (κ1) is 16.3. The van der Waals surface area contributed by atoms with E-state index in [0.29, 0.717) is 16.9 Å². The van der Waals surface area contributed by atoms with Crippen molar-refractivity contribution in [2.75, 3.05) is 0 Å². The number of benzene rings is 1. The molecule has 0 N–H and O–H groups in total. The lowest BCUT2D eigenvalue weighted by Crippen LogP contribution is -2.19. The smallest absolute Gasteiger partial charge is 0.270 e. The summed E-state index contributed by atoms with van der Waals surface area (Å²) >= 11 is 1.28. The molecule has 5 nitrogen and oxygen atoms in total. The fourth-order valence-electron chi connectivity index (χ4n) is 2.58. The van der Waals surface area contributed by atoms with E-state index < -0.39 is 0 Å². The van der Waals surface area contributed by atoms with Crippen LogP contribution in [0.2, 0.25) is 0 Å². The molecule has 2 aromatic heterocycles. The number of halogens is 1. The average molecular weight is 344 g/mol. The predicted molar refractivity (Wildman–Crippen MR) is 92.2 cm³/mol. The van der Waals surface area contributed by atoms with Crippen LogP contribution in [0, 0.1) is 19.7 Å². The average Bonchev–Trinajstić information content (AvgIpc) is 3.01. The van der Waals surface area contributed by atoms with Crippen LogP contribution >= 0.6 is 11.3 Å². The maximum atomic E-state index is 14.1. The Morgan fingerprint density at radius 1 is 1.46 bits per heavy atom. The number of hydrogen-bond donors (Lipinski definition) is 0. The van der Waals surface area contributed by atoms with Crippen LogP contribution < -0.4 is 4.80 Å². The molecule has 0 atom stereocenters. The quantitative estimate of drug-likeness (QED) is 0.683. The molecule has 0 radical (unpaired) electrons. The van der Waals surface area contributed by atoms with Gasteiger partial charge < -0.3 is 4.57 Å². The Labute approximate surface area is 142 Å². The molecule has 7 heteroatoms. The zero-order valence-electron chi connectivity index (χ0n) is 13.5. The fraction of sp³-hybridized carbons (Fsp3) is 0.235. The van der Waals surface area contributed by atoms with E-state index in [1.807, 2.05) is 26.0 Å². The molecule has 1 amide bonds. The Morgan fingerprint density at radius 2 is 2.25 bits per heavy atom. The lowest BCUT2D eigenvalue weighted by atomic mass is 10.3. The van der Waals surface area contributed by atoms with E-state index in [1.54, 1.807) is 21.4 Å². The van der Waals surface area contributed by atoms with Crippen molar-refractivity contribution in [2.24, 2.45) is 4.99 Å². The first-order valence-corrected chi connectivity index (χ1v) is 8.28. The van der Waals surface area contributed by atoms with Crippen LogP contribution in [0.5, 0.6) is 0 Å². The lowest BCUT2D eigenvalue weighted by Gasteiger charge is -2.02. The summed E-state index contributed by atoms with van der Waals surface area (Å²) in [7, 11) is 0. The van der Waals surface area contributed by atoms with Crippen LogP contribution in [0.15, 0.2) is 41.9 Å². The molecule has 0 aliphatic heterocycles. The summed E-state index contributed by atoms with van der Waals surface area (Å²) in [6.07, 6.45) is 1.66. The van der Waals surface area contributed by atoms with Crippen molar-refractivity contribution in [1.29, 1.82) is 0 Å². The molecule has 0 spiro atoms. The van der Waals surface area contributed by atoms with Gasteiger partial charge in [0, 0.05) is 12.2 Å². The van der Waals surface area contributed by atoms with Gasteiger partial charge >= 0.3 is 0 Å². The number of aromatic nitrogens is 3. The Morgan fingerprint density at radius 3 is 2.92 bits per heavy atom. The van der Waals surface area contributed by atoms with E-state index in [0.717, 1.165) is 16.1 Å². The molecular weight excluding hydrogens is 327 g/mol. The molecule has 0 fully saturated rings. The molecule has 0 unspecified atom stereocenters. The van der Waals surface area contributed by atoms with Gasteiger partial charge in [-0.25, -0.2) is 4.39 Å². The largest absolute Gasteiger partial charge is 0.310 e. The number of para-hydroxylation sites is 1.